The first-order valence-electron chi connectivity index (χ1n) is 6.54. The second kappa shape index (κ2) is 6.21. The van der Waals surface area contributed by atoms with E-state index in [0.717, 1.165) is 11.3 Å². The minimum atomic E-state index is -0.493. The number of rotatable bonds is 5. The van der Waals surface area contributed by atoms with Gasteiger partial charge in [0.05, 0.1) is 4.92 Å². The highest BCUT2D eigenvalue weighted by Crippen LogP contribution is 2.24. The summed E-state index contributed by atoms with van der Waals surface area (Å²) in [6.07, 6.45) is 0. The zero-order valence-electron chi connectivity index (χ0n) is 11.6. The van der Waals surface area contributed by atoms with Crippen LogP contribution in [0.4, 0.5) is 21.5 Å². The number of halogens is 1. The summed E-state index contributed by atoms with van der Waals surface area (Å²) >= 11 is 0. The van der Waals surface area contributed by atoms with Crippen LogP contribution in [0.1, 0.15) is 12.5 Å². The number of nitrogens with two attached hydrogens (primary N) is 1. The van der Waals surface area contributed by atoms with Crippen molar-refractivity contribution in [2.24, 2.45) is 0 Å². The van der Waals surface area contributed by atoms with E-state index in [9.17, 15) is 14.5 Å². The molecule has 0 aliphatic heterocycles. The van der Waals surface area contributed by atoms with E-state index in [2.05, 4.69) is 0 Å². The standard InChI is InChI=1S/C15H16FN3O2/c1-2-18(13-6-4-12(16)5-7-13)10-11-3-8-14(17)15(9-11)19(20)21/h3-9H,2,10,17H2,1H3. The van der Waals surface area contributed by atoms with E-state index < -0.39 is 4.92 Å². The highest BCUT2D eigenvalue weighted by molar-refractivity contribution is 5.59. The highest BCUT2D eigenvalue weighted by Gasteiger charge is 2.13. The SMILES string of the molecule is CCN(Cc1ccc(N)c([N+](=O)[O-])c1)c1ccc(F)cc1. The van der Waals surface area contributed by atoms with Crippen molar-refractivity contribution in [3.8, 4) is 0 Å². The number of hydrogen-bond donors (Lipinski definition) is 1. The molecule has 0 unspecified atom stereocenters. The number of nitrogens with zero attached hydrogens (tertiary/aromatic N) is 2. The predicted molar refractivity (Wildman–Crippen MR) is 80.6 cm³/mol. The monoisotopic (exact) mass is 289 g/mol. The summed E-state index contributed by atoms with van der Waals surface area (Å²) in [4.78, 5) is 12.4. The van der Waals surface area contributed by atoms with Gasteiger partial charge in [0.15, 0.2) is 0 Å². The van der Waals surface area contributed by atoms with E-state index >= 15 is 0 Å². The Balaban J connectivity index is 2.24. The lowest BCUT2D eigenvalue weighted by Gasteiger charge is -2.23. The number of anilines is 2. The molecule has 2 aromatic carbocycles. The zero-order chi connectivity index (χ0) is 15.4. The molecule has 0 saturated carbocycles. The van der Waals surface area contributed by atoms with Crippen molar-refractivity contribution in [3.05, 3.63) is 64.0 Å². The molecule has 0 heterocycles. The molecule has 5 nitrogen and oxygen atoms in total. The summed E-state index contributed by atoms with van der Waals surface area (Å²) in [6.45, 7) is 3.15. The maximum Gasteiger partial charge on any atom is 0.292 e. The lowest BCUT2D eigenvalue weighted by atomic mass is 10.1. The largest absolute Gasteiger partial charge is 0.393 e. The average Bonchev–Trinajstić information content (AvgIpc) is 2.47. The third-order valence-corrected chi connectivity index (χ3v) is 3.24. The van der Waals surface area contributed by atoms with Crippen molar-refractivity contribution in [2.45, 2.75) is 13.5 Å². The van der Waals surface area contributed by atoms with Gasteiger partial charge in [-0.15, -0.1) is 0 Å². The highest BCUT2D eigenvalue weighted by atomic mass is 19.1. The van der Waals surface area contributed by atoms with Gasteiger partial charge in [-0.05, 0) is 42.8 Å². The molecule has 0 fully saturated rings. The van der Waals surface area contributed by atoms with Gasteiger partial charge in [-0.1, -0.05) is 6.07 Å². The first-order valence-corrected chi connectivity index (χ1v) is 6.54. The molecule has 2 N–H and O–H groups in total. The van der Waals surface area contributed by atoms with Crippen molar-refractivity contribution >= 4 is 17.1 Å². The van der Waals surface area contributed by atoms with Crippen molar-refractivity contribution in [1.29, 1.82) is 0 Å². The van der Waals surface area contributed by atoms with Crippen LogP contribution in [0.2, 0.25) is 0 Å². The van der Waals surface area contributed by atoms with Gasteiger partial charge in [-0.2, -0.15) is 0 Å². The number of nitrogen functional groups attached to an aromatic ring is 1. The fraction of sp³-hybridized carbons (Fsp3) is 0.200. The first-order chi connectivity index (χ1) is 10.0. The topological polar surface area (TPSA) is 72.4 Å². The van der Waals surface area contributed by atoms with Crippen LogP contribution in [0.5, 0.6) is 0 Å². The molecule has 0 saturated heterocycles. The summed E-state index contributed by atoms with van der Waals surface area (Å²) < 4.78 is 13.0. The van der Waals surface area contributed by atoms with Crippen molar-refractivity contribution in [1.82, 2.24) is 0 Å². The minimum absolute atomic E-state index is 0.0948. The zero-order valence-corrected chi connectivity index (χ0v) is 11.6. The Morgan fingerprint density at radius 3 is 2.48 bits per heavy atom. The molecule has 0 radical (unpaired) electrons. The number of benzene rings is 2. The summed E-state index contributed by atoms with van der Waals surface area (Å²) in [5, 5.41) is 10.9. The number of hydrogen-bond acceptors (Lipinski definition) is 4. The molecule has 2 aromatic rings. The van der Waals surface area contributed by atoms with E-state index in [4.69, 9.17) is 5.73 Å². The summed E-state index contributed by atoms with van der Waals surface area (Å²) in [7, 11) is 0. The van der Waals surface area contributed by atoms with Gasteiger partial charge in [-0.3, -0.25) is 10.1 Å². The van der Waals surface area contributed by atoms with E-state index in [1.165, 1.54) is 24.3 Å². The third-order valence-electron chi connectivity index (χ3n) is 3.24. The van der Waals surface area contributed by atoms with Crippen LogP contribution in [0, 0.1) is 15.9 Å². The van der Waals surface area contributed by atoms with Crippen molar-refractivity contribution in [3.63, 3.8) is 0 Å². The molecule has 0 aliphatic rings. The second-order valence-corrected chi connectivity index (χ2v) is 4.64. The second-order valence-electron chi connectivity index (χ2n) is 4.64. The summed E-state index contributed by atoms with van der Waals surface area (Å²) in [6, 6.07) is 10.9. The fourth-order valence-corrected chi connectivity index (χ4v) is 2.10. The van der Waals surface area contributed by atoms with Crippen LogP contribution >= 0.6 is 0 Å². The molecule has 0 aliphatic carbocycles. The third kappa shape index (κ3) is 3.47. The molecule has 0 amide bonds. The lowest BCUT2D eigenvalue weighted by molar-refractivity contribution is -0.384. The summed E-state index contributed by atoms with van der Waals surface area (Å²) in [5.41, 5.74) is 7.28. The normalized spacial score (nSPS) is 10.4. The van der Waals surface area contributed by atoms with Crippen LogP contribution in [0.25, 0.3) is 0 Å². The van der Waals surface area contributed by atoms with Crippen LogP contribution in [-0.4, -0.2) is 11.5 Å². The maximum atomic E-state index is 13.0. The summed E-state index contributed by atoms with van der Waals surface area (Å²) in [5.74, 6) is -0.294. The molecule has 6 heteroatoms. The van der Waals surface area contributed by atoms with Gasteiger partial charge in [0.1, 0.15) is 11.5 Å². The van der Waals surface area contributed by atoms with Gasteiger partial charge in [0.25, 0.3) is 5.69 Å². The molecule has 21 heavy (non-hydrogen) atoms. The Kier molecular flexibility index (Phi) is 4.37. The molecule has 0 bridgehead atoms. The Morgan fingerprint density at radius 1 is 1.24 bits per heavy atom. The Morgan fingerprint density at radius 2 is 1.90 bits per heavy atom. The quantitative estimate of drug-likeness (QED) is 0.520. The lowest BCUT2D eigenvalue weighted by Crippen LogP contribution is -2.22. The number of nitro benzene ring substituents is 1. The smallest absolute Gasteiger partial charge is 0.292 e. The first kappa shape index (κ1) is 14.8. The van der Waals surface area contributed by atoms with Crippen LogP contribution in [0.3, 0.4) is 0 Å². The van der Waals surface area contributed by atoms with Gasteiger partial charge in [-0.25, -0.2) is 4.39 Å². The minimum Gasteiger partial charge on any atom is -0.393 e. The Labute approximate surface area is 122 Å². The van der Waals surface area contributed by atoms with Gasteiger partial charge < -0.3 is 10.6 Å². The fourth-order valence-electron chi connectivity index (χ4n) is 2.10. The van der Waals surface area contributed by atoms with E-state index in [1.54, 1.807) is 18.2 Å². The molecular weight excluding hydrogens is 273 g/mol. The predicted octanol–water partition coefficient (Wildman–Crippen LogP) is 3.34. The van der Waals surface area contributed by atoms with Gasteiger partial charge >= 0.3 is 0 Å². The van der Waals surface area contributed by atoms with Crippen molar-refractivity contribution < 1.29 is 9.31 Å². The average molecular weight is 289 g/mol. The molecule has 2 rings (SSSR count). The van der Waals surface area contributed by atoms with E-state index in [-0.39, 0.29) is 17.2 Å². The molecule has 0 atom stereocenters. The van der Waals surface area contributed by atoms with Crippen molar-refractivity contribution in [2.75, 3.05) is 17.2 Å². The Bertz CT molecular complexity index is 644. The molecule has 0 spiro atoms. The Hall–Kier alpha value is -2.63. The van der Waals surface area contributed by atoms with Gasteiger partial charge in [0, 0.05) is 24.8 Å². The molecule has 110 valence electrons. The molecular formula is C15H16FN3O2. The van der Waals surface area contributed by atoms with Crippen LogP contribution in [0.15, 0.2) is 42.5 Å². The number of nitro groups is 1. The maximum absolute atomic E-state index is 13.0. The van der Waals surface area contributed by atoms with Crippen LogP contribution in [-0.2, 0) is 6.54 Å². The van der Waals surface area contributed by atoms with E-state index in [0.29, 0.717) is 13.1 Å². The van der Waals surface area contributed by atoms with E-state index in [1.807, 2.05) is 11.8 Å². The molecule has 0 aromatic heterocycles. The van der Waals surface area contributed by atoms with Crippen LogP contribution < -0.4 is 10.6 Å². The van der Waals surface area contributed by atoms with Gasteiger partial charge in [0.2, 0.25) is 0 Å².